The van der Waals surface area contributed by atoms with Gasteiger partial charge in [-0.25, -0.2) is 17.5 Å². The molecule has 18 heavy (non-hydrogen) atoms. The number of halogens is 1. The van der Waals surface area contributed by atoms with E-state index in [0.717, 1.165) is 12.1 Å². The number of sulfonamides is 1. The topological polar surface area (TPSA) is 85.3 Å². The van der Waals surface area contributed by atoms with E-state index < -0.39 is 20.7 Å². The van der Waals surface area contributed by atoms with Crippen molar-refractivity contribution in [1.82, 2.24) is 4.72 Å². The molecule has 0 saturated heterocycles. The Bertz CT molecular complexity index is 638. The second-order valence-corrected chi connectivity index (χ2v) is 5.38. The van der Waals surface area contributed by atoms with Gasteiger partial charge in [-0.3, -0.25) is 0 Å². The minimum absolute atomic E-state index is 0.0304. The van der Waals surface area contributed by atoms with E-state index in [4.69, 9.17) is 10.2 Å². The predicted molar refractivity (Wildman–Crippen MR) is 63.5 cm³/mol. The fraction of sp³-hybridized carbons (Fsp3) is 0.0909. The standard InChI is InChI=1S/C11H11FN2O3S/c12-10-5-9(13)1-2-11(10)18(15,16)14-6-8-3-4-17-7-8/h1-5,7,14H,6,13H2. The number of hydrogen-bond donors (Lipinski definition) is 2. The SMILES string of the molecule is Nc1ccc(S(=O)(=O)NCc2ccoc2)c(F)c1. The molecule has 0 bridgehead atoms. The fourth-order valence-electron chi connectivity index (χ4n) is 1.38. The number of hydrogen-bond acceptors (Lipinski definition) is 4. The first-order valence-corrected chi connectivity index (χ1v) is 6.53. The van der Waals surface area contributed by atoms with Gasteiger partial charge in [0, 0.05) is 17.8 Å². The summed E-state index contributed by atoms with van der Waals surface area (Å²) in [5.74, 6) is -0.880. The Labute approximate surface area is 103 Å². The van der Waals surface area contributed by atoms with E-state index in [2.05, 4.69) is 4.72 Å². The molecular formula is C11H11FN2O3S. The maximum Gasteiger partial charge on any atom is 0.243 e. The van der Waals surface area contributed by atoms with Crippen molar-refractivity contribution in [3.8, 4) is 0 Å². The third-order valence-corrected chi connectivity index (χ3v) is 3.73. The van der Waals surface area contributed by atoms with Gasteiger partial charge in [0.05, 0.1) is 12.5 Å². The van der Waals surface area contributed by atoms with E-state index in [9.17, 15) is 12.8 Å². The predicted octanol–water partition coefficient (Wildman–Crippen LogP) is 1.48. The largest absolute Gasteiger partial charge is 0.472 e. The molecule has 1 aromatic carbocycles. The number of benzene rings is 1. The normalized spacial score (nSPS) is 11.6. The molecule has 0 amide bonds. The number of nitrogen functional groups attached to an aromatic ring is 1. The Morgan fingerprint density at radius 1 is 1.33 bits per heavy atom. The zero-order valence-electron chi connectivity index (χ0n) is 9.26. The molecular weight excluding hydrogens is 259 g/mol. The van der Waals surface area contributed by atoms with Crippen LogP contribution in [0.4, 0.5) is 10.1 Å². The van der Waals surface area contributed by atoms with Crippen molar-refractivity contribution in [2.75, 3.05) is 5.73 Å². The summed E-state index contributed by atoms with van der Waals surface area (Å²) in [6, 6.07) is 5.03. The lowest BCUT2D eigenvalue weighted by molar-refractivity contribution is 0.553. The molecule has 0 aliphatic rings. The summed E-state index contributed by atoms with van der Waals surface area (Å²) in [4.78, 5) is -0.430. The lowest BCUT2D eigenvalue weighted by Gasteiger charge is -2.07. The fourth-order valence-corrected chi connectivity index (χ4v) is 2.46. The van der Waals surface area contributed by atoms with Crippen LogP contribution < -0.4 is 10.5 Å². The van der Waals surface area contributed by atoms with Crippen molar-refractivity contribution in [1.29, 1.82) is 0 Å². The average Bonchev–Trinajstić information content (AvgIpc) is 2.78. The molecule has 0 atom stereocenters. The number of furan rings is 1. The lowest BCUT2D eigenvalue weighted by Crippen LogP contribution is -2.24. The molecule has 0 aliphatic heterocycles. The molecule has 1 aromatic heterocycles. The second-order valence-electron chi connectivity index (χ2n) is 3.65. The summed E-state index contributed by atoms with van der Waals surface area (Å²) in [6.07, 6.45) is 2.83. The summed E-state index contributed by atoms with van der Waals surface area (Å²) >= 11 is 0. The molecule has 0 fully saturated rings. The lowest BCUT2D eigenvalue weighted by atomic mass is 10.3. The van der Waals surface area contributed by atoms with Gasteiger partial charge >= 0.3 is 0 Å². The van der Waals surface area contributed by atoms with E-state index in [1.54, 1.807) is 6.07 Å². The van der Waals surface area contributed by atoms with Gasteiger partial charge in [-0.2, -0.15) is 0 Å². The Morgan fingerprint density at radius 2 is 2.11 bits per heavy atom. The molecule has 2 rings (SSSR count). The third kappa shape index (κ3) is 2.69. The number of nitrogens with two attached hydrogens (primary N) is 1. The van der Waals surface area contributed by atoms with Crippen molar-refractivity contribution in [2.45, 2.75) is 11.4 Å². The van der Waals surface area contributed by atoms with E-state index in [0.29, 0.717) is 5.56 Å². The van der Waals surface area contributed by atoms with Crippen molar-refractivity contribution < 1.29 is 17.2 Å². The second kappa shape index (κ2) is 4.79. The monoisotopic (exact) mass is 270 g/mol. The Kier molecular flexibility index (Phi) is 3.35. The highest BCUT2D eigenvalue weighted by atomic mass is 32.2. The van der Waals surface area contributed by atoms with Crippen molar-refractivity contribution >= 4 is 15.7 Å². The Morgan fingerprint density at radius 3 is 2.72 bits per heavy atom. The summed E-state index contributed by atoms with van der Waals surface area (Å²) in [7, 11) is -3.91. The molecule has 1 heterocycles. The van der Waals surface area contributed by atoms with Gasteiger partial charge in [-0.15, -0.1) is 0 Å². The van der Waals surface area contributed by atoms with Crippen LogP contribution in [0.5, 0.6) is 0 Å². The van der Waals surface area contributed by atoms with Gasteiger partial charge in [0.15, 0.2) is 0 Å². The number of nitrogens with one attached hydrogen (secondary N) is 1. The van der Waals surface area contributed by atoms with E-state index in [-0.39, 0.29) is 12.2 Å². The van der Waals surface area contributed by atoms with Crippen LogP contribution in [0, 0.1) is 5.82 Å². The quantitative estimate of drug-likeness (QED) is 0.824. The maximum absolute atomic E-state index is 13.5. The first kappa shape index (κ1) is 12.6. The van der Waals surface area contributed by atoms with Crippen molar-refractivity contribution in [3.63, 3.8) is 0 Å². The Hall–Kier alpha value is -1.86. The van der Waals surface area contributed by atoms with Gasteiger partial charge in [-0.05, 0) is 24.3 Å². The summed E-state index contributed by atoms with van der Waals surface area (Å²) in [6.45, 7) is 0.0304. The maximum atomic E-state index is 13.5. The molecule has 96 valence electrons. The van der Waals surface area contributed by atoms with E-state index >= 15 is 0 Å². The first-order chi connectivity index (χ1) is 8.49. The van der Waals surface area contributed by atoms with Crippen LogP contribution in [0.2, 0.25) is 0 Å². The minimum Gasteiger partial charge on any atom is -0.472 e. The zero-order chi connectivity index (χ0) is 13.2. The molecule has 7 heteroatoms. The van der Waals surface area contributed by atoms with Gasteiger partial charge in [-0.1, -0.05) is 0 Å². The summed E-state index contributed by atoms with van der Waals surface area (Å²) in [5, 5.41) is 0. The van der Waals surface area contributed by atoms with Crippen LogP contribution in [-0.4, -0.2) is 8.42 Å². The number of rotatable bonds is 4. The van der Waals surface area contributed by atoms with Gasteiger partial charge in [0.25, 0.3) is 0 Å². The van der Waals surface area contributed by atoms with Gasteiger partial charge in [0.1, 0.15) is 10.7 Å². The van der Waals surface area contributed by atoms with Crippen LogP contribution in [0.1, 0.15) is 5.56 Å². The van der Waals surface area contributed by atoms with Crippen molar-refractivity contribution in [2.24, 2.45) is 0 Å². The average molecular weight is 270 g/mol. The van der Waals surface area contributed by atoms with Crippen LogP contribution in [0.25, 0.3) is 0 Å². The van der Waals surface area contributed by atoms with Crippen LogP contribution in [0.3, 0.4) is 0 Å². The van der Waals surface area contributed by atoms with E-state index in [1.165, 1.54) is 18.6 Å². The molecule has 0 spiro atoms. The molecule has 2 aromatic rings. The summed E-state index contributed by atoms with van der Waals surface area (Å²) in [5.41, 5.74) is 6.17. The molecule has 5 nitrogen and oxygen atoms in total. The van der Waals surface area contributed by atoms with Crippen molar-refractivity contribution in [3.05, 3.63) is 48.2 Å². The minimum atomic E-state index is -3.91. The van der Waals surface area contributed by atoms with E-state index in [1.807, 2.05) is 0 Å². The Balaban J connectivity index is 2.20. The highest BCUT2D eigenvalue weighted by Gasteiger charge is 2.18. The molecule has 0 radical (unpaired) electrons. The zero-order valence-corrected chi connectivity index (χ0v) is 10.1. The molecule has 0 saturated carbocycles. The van der Waals surface area contributed by atoms with Crippen LogP contribution in [0.15, 0.2) is 46.1 Å². The smallest absolute Gasteiger partial charge is 0.243 e. The molecule has 0 aliphatic carbocycles. The van der Waals surface area contributed by atoms with Crippen LogP contribution >= 0.6 is 0 Å². The first-order valence-electron chi connectivity index (χ1n) is 5.05. The highest BCUT2D eigenvalue weighted by molar-refractivity contribution is 7.89. The summed E-state index contributed by atoms with van der Waals surface area (Å²) < 4.78 is 44.2. The third-order valence-electron chi connectivity index (χ3n) is 2.29. The molecule has 3 N–H and O–H groups in total. The highest BCUT2D eigenvalue weighted by Crippen LogP contribution is 2.17. The molecule has 0 unspecified atom stereocenters. The van der Waals surface area contributed by atoms with Crippen LogP contribution in [-0.2, 0) is 16.6 Å². The van der Waals surface area contributed by atoms with Gasteiger partial charge in [0.2, 0.25) is 10.0 Å². The number of anilines is 1. The van der Waals surface area contributed by atoms with Gasteiger partial charge < -0.3 is 10.2 Å².